The number of amides is 2. The lowest BCUT2D eigenvalue weighted by Gasteiger charge is -2.15. The number of anilines is 1. The van der Waals surface area contributed by atoms with Gasteiger partial charge in [-0.15, -0.1) is 0 Å². The van der Waals surface area contributed by atoms with Crippen molar-refractivity contribution < 1.29 is 14.3 Å². The summed E-state index contributed by atoms with van der Waals surface area (Å²) in [4.78, 5) is 58.2. The van der Waals surface area contributed by atoms with E-state index in [4.69, 9.17) is 27.9 Å². The molecule has 3 heterocycles. The van der Waals surface area contributed by atoms with Gasteiger partial charge < -0.3 is 25.3 Å². The number of nitrogens with one attached hydrogen (secondary N) is 3. The number of halogens is 2. The minimum absolute atomic E-state index is 0.0591. The molecule has 12 nitrogen and oxygen atoms in total. The summed E-state index contributed by atoms with van der Waals surface area (Å²) in [5.41, 5.74) is 1.54. The summed E-state index contributed by atoms with van der Waals surface area (Å²) in [5, 5.41) is 9.42. The zero-order valence-corrected chi connectivity index (χ0v) is 25.6. The average molecular weight is 639 g/mol. The van der Waals surface area contributed by atoms with Gasteiger partial charge in [0.05, 0.1) is 34.7 Å². The Kier molecular flexibility index (Phi) is 9.14. The Labute approximate surface area is 262 Å². The maximum absolute atomic E-state index is 13.0. The number of rotatable bonds is 9. The Morgan fingerprint density at radius 2 is 1.77 bits per heavy atom. The van der Waals surface area contributed by atoms with Crippen molar-refractivity contribution in [3.05, 3.63) is 90.9 Å². The van der Waals surface area contributed by atoms with Crippen molar-refractivity contribution in [2.24, 2.45) is 14.1 Å². The maximum Gasteiger partial charge on any atom is 0.330 e. The van der Waals surface area contributed by atoms with E-state index in [-0.39, 0.29) is 28.2 Å². The fourth-order valence-corrected chi connectivity index (χ4v) is 5.53. The number of aromatic nitrogens is 4. The number of ether oxygens (including phenoxy) is 1. The molecule has 0 spiro atoms. The van der Waals surface area contributed by atoms with Gasteiger partial charge in [0, 0.05) is 62.5 Å². The first-order chi connectivity index (χ1) is 21.1. The molecular formula is C30H29Cl2N7O5. The molecule has 0 radical (unpaired) electrons. The van der Waals surface area contributed by atoms with E-state index in [1.807, 2.05) is 0 Å². The lowest BCUT2D eigenvalue weighted by atomic mass is 10.0. The summed E-state index contributed by atoms with van der Waals surface area (Å²) in [6.07, 6.45) is 4.11. The van der Waals surface area contributed by atoms with E-state index in [2.05, 4.69) is 25.9 Å². The Balaban J connectivity index is 1.40. The number of benzene rings is 2. The third kappa shape index (κ3) is 6.23. The zero-order valence-electron chi connectivity index (χ0n) is 24.1. The molecule has 228 valence electrons. The van der Waals surface area contributed by atoms with E-state index in [1.165, 1.54) is 27.4 Å². The molecule has 0 aliphatic carbocycles. The molecule has 5 rings (SSSR count). The number of aryl methyl sites for hydroxylation is 1. The number of hydrogen-bond acceptors (Lipinski definition) is 8. The van der Waals surface area contributed by atoms with Crippen molar-refractivity contribution in [2.75, 3.05) is 19.0 Å². The van der Waals surface area contributed by atoms with Crippen LogP contribution in [-0.4, -0.2) is 50.6 Å². The van der Waals surface area contributed by atoms with Crippen LogP contribution in [0.3, 0.4) is 0 Å². The number of carbonyl (C=O) groups is 2. The quantitative estimate of drug-likeness (QED) is 0.253. The average Bonchev–Trinajstić information content (AvgIpc) is 3.44. The minimum atomic E-state index is -0.728. The highest BCUT2D eigenvalue weighted by atomic mass is 35.5. The van der Waals surface area contributed by atoms with E-state index in [9.17, 15) is 19.2 Å². The van der Waals surface area contributed by atoms with Crippen LogP contribution in [0.2, 0.25) is 10.0 Å². The van der Waals surface area contributed by atoms with E-state index < -0.39 is 17.2 Å². The Morgan fingerprint density at radius 3 is 2.48 bits per heavy atom. The van der Waals surface area contributed by atoms with Crippen LogP contribution in [0.25, 0.3) is 22.4 Å². The predicted molar refractivity (Wildman–Crippen MR) is 167 cm³/mol. The highest BCUT2D eigenvalue weighted by molar-refractivity contribution is 6.39. The molecule has 1 fully saturated rings. The first kappa shape index (κ1) is 30.9. The normalized spacial score (nSPS) is 14.4. The fraction of sp³-hybridized carbons (Fsp3) is 0.267. The molecule has 2 aromatic carbocycles. The maximum atomic E-state index is 13.0. The standard InChI is InChI=1S/C30H29Cl2N7O5/c1-38-15-20(29(42)39(2)30(38)43)27(41)36-21-9-5-7-18(26(21)32)17-6-4-8-19(25(17)31)22-14-34-23(28(37-22)44-3)13-33-12-16-10-11-24(40)35-16/h4-9,14-16,33H,10-13H2,1-3H3,(H,35,40)(H,36,41). The number of carbonyl (C=O) groups excluding carboxylic acids is 2. The summed E-state index contributed by atoms with van der Waals surface area (Å²) in [5.74, 6) is -0.326. The third-order valence-electron chi connectivity index (χ3n) is 7.28. The molecule has 1 aliphatic rings. The molecule has 1 atom stereocenters. The molecule has 3 N–H and O–H groups in total. The largest absolute Gasteiger partial charge is 0.480 e. The highest BCUT2D eigenvalue weighted by Crippen LogP contribution is 2.41. The van der Waals surface area contributed by atoms with Gasteiger partial charge in [0.15, 0.2) is 0 Å². The van der Waals surface area contributed by atoms with Gasteiger partial charge in [-0.3, -0.25) is 23.9 Å². The van der Waals surface area contributed by atoms with Crippen LogP contribution in [0, 0.1) is 0 Å². The van der Waals surface area contributed by atoms with Gasteiger partial charge in [-0.25, -0.2) is 9.78 Å². The van der Waals surface area contributed by atoms with Gasteiger partial charge >= 0.3 is 5.69 Å². The Bertz CT molecular complexity index is 1890. The van der Waals surface area contributed by atoms with E-state index in [0.29, 0.717) is 58.5 Å². The van der Waals surface area contributed by atoms with Crippen LogP contribution in [0.15, 0.2) is 58.4 Å². The Hall–Kier alpha value is -4.52. The van der Waals surface area contributed by atoms with Crippen LogP contribution >= 0.6 is 23.2 Å². The van der Waals surface area contributed by atoms with Crippen molar-refractivity contribution in [1.29, 1.82) is 0 Å². The third-order valence-corrected chi connectivity index (χ3v) is 8.09. The highest BCUT2D eigenvalue weighted by Gasteiger charge is 2.22. The molecule has 1 saturated heterocycles. The van der Waals surface area contributed by atoms with Crippen LogP contribution in [0.5, 0.6) is 5.88 Å². The molecular weight excluding hydrogens is 609 g/mol. The van der Waals surface area contributed by atoms with E-state index >= 15 is 0 Å². The van der Waals surface area contributed by atoms with Crippen LogP contribution in [0.4, 0.5) is 5.69 Å². The van der Waals surface area contributed by atoms with Gasteiger partial charge in [0.25, 0.3) is 11.5 Å². The Morgan fingerprint density at radius 1 is 1.07 bits per heavy atom. The van der Waals surface area contributed by atoms with Crippen LogP contribution < -0.4 is 31.9 Å². The van der Waals surface area contributed by atoms with Gasteiger partial charge in [-0.2, -0.15) is 0 Å². The molecule has 4 aromatic rings. The summed E-state index contributed by atoms with van der Waals surface area (Å²) in [7, 11) is 4.26. The summed E-state index contributed by atoms with van der Waals surface area (Å²) in [6, 6.07) is 10.5. The topological polar surface area (TPSA) is 149 Å². The molecule has 0 saturated carbocycles. The van der Waals surface area contributed by atoms with Gasteiger partial charge in [-0.1, -0.05) is 53.5 Å². The SMILES string of the molecule is COc1nc(-c2cccc(-c3cccc(NC(=O)c4cn(C)c(=O)n(C)c4=O)c3Cl)c2Cl)cnc1CNCC1CCC(=O)N1. The molecule has 2 amide bonds. The predicted octanol–water partition coefficient (Wildman–Crippen LogP) is 3.14. The minimum Gasteiger partial charge on any atom is -0.480 e. The first-order valence-electron chi connectivity index (χ1n) is 13.6. The van der Waals surface area contributed by atoms with E-state index in [0.717, 1.165) is 15.6 Å². The van der Waals surface area contributed by atoms with Gasteiger partial charge in [0.1, 0.15) is 11.3 Å². The molecule has 0 bridgehead atoms. The molecule has 1 unspecified atom stereocenters. The second kappa shape index (κ2) is 13.0. The number of methoxy groups -OCH3 is 1. The monoisotopic (exact) mass is 637 g/mol. The second-order valence-corrected chi connectivity index (χ2v) is 11.0. The van der Waals surface area contributed by atoms with Crippen molar-refractivity contribution >= 4 is 40.7 Å². The number of hydrogen-bond donors (Lipinski definition) is 3. The van der Waals surface area contributed by atoms with Gasteiger partial charge in [0.2, 0.25) is 11.8 Å². The van der Waals surface area contributed by atoms with Gasteiger partial charge in [-0.05, 0) is 12.5 Å². The van der Waals surface area contributed by atoms with Crippen molar-refractivity contribution in [3.63, 3.8) is 0 Å². The molecule has 14 heteroatoms. The molecule has 2 aromatic heterocycles. The van der Waals surface area contributed by atoms with E-state index in [1.54, 1.807) is 42.6 Å². The van der Waals surface area contributed by atoms with Crippen LogP contribution in [-0.2, 0) is 25.4 Å². The van der Waals surface area contributed by atoms with Crippen molar-refractivity contribution in [1.82, 2.24) is 29.7 Å². The summed E-state index contributed by atoms with van der Waals surface area (Å²) < 4.78 is 7.52. The first-order valence-corrected chi connectivity index (χ1v) is 14.4. The lowest BCUT2D eigenvalue weighted by molar-refractivity contribution is -0.119. The second-order valence-electron chi connectivity index (χ2n) is 10.2. The zero-order chi connectivity index (χ0) is 31.5. The summed E-state index contributed by atoms with van der Waals surface area (Å²) >= 11 is 13.7. The van der Waals surface area contributed by atoms with Crippen molar-refractivity contribution in [2.45, 2.75) is 25.4 Å². The summed E-state index contributed by atoms with van der Waals surface area (Å²) in [6.45, 7) is 1.00. The van der Waals surface area contributed by atoms with Crippen LogP contribution in [0.1, 0.15) is 28.9 Å². The smallest absolute Gasteiger partial charge is 0.330 e. The molecule has 1 aliphatic heterocycles. The molecule has 44 heavy (non-hydrogen) atoms. The number of nitrogens with zero attached hydrogens (tertiary/aromatic N) is 4. The van der Waals surface area contributed by atoms with Crippen molar-refractivity contribution in [3.8, 4) is 28.3 Å². The lowest BCUT2D eigenvalue weighted by Crippen LogP contribution is -2.40. The fourth-order valence-electron chi connectivity index (χ4n) is 4.93.